The number of aliphatic imine (C=N–C) groups is 1. The Labute approximate surface area is 225 Å². The van der Waals surface area contributed by atoms with Crippen LogP contribution in [-0.2, 0) is 11.4 Å². The fourth-order valence-electron chi connectivity index (χ4n) is 3.54. The van der Waals surface area contributed by atoms with Crippen molar-refractivity contribution < 1.29 is 14.3 Å². The number of hydrogen-bond acceptors (Lipinski definition) is 6. The number of hydrazone groups is 1. The molecule has 0 atom stereocenters. The van der Waals surface area contributed by atoms with Gasteiger partial charge in [0.25, 0.3) is 5.91 Å². The van der Waals surface area contributed by atoms with Crippen molar-refractivity contribution in [1.29, 1.82) is 5.41 Å². The molecule has 0 unspecified atom stereocenters. The second-order valence-corrected chi connectivity index (χ2v) is 10.0. The number of hydrogen-bond donors (Lipinski definition) is 1. The van der Waals surface area contributed by atoms with E-state index in [4.69, 9.17) is 26.5 Å². The number of amides is 1. The molecule has 1 N–H and O–H groups in total. The van der Waals surface area contributed by atoms with E-state index in [1.54, 1.807) is 37.5 Å². The number of carbonyl (C=O) groups is 1. The number of benzene rings is 3. The lowest BCUT2D eigenvalue weighted by Crippen LogP contribution is -2.35. The van der Waals surface area contributed by atoms with Crippen molar-refractivity contribution in [2.24, 2.45) is 10.1 Å². The smallest absolute Gasteiger partial charge is 0.283 e. The van der Waals surface area contributed by atoms with Crippen molar-refractivity contribution in [3.63, 3.8) is 0 Å². The van der Waals surface area contributed by atoms with E-state index >= 15 is 0 Å². The van der Waals surface area contributed by atoms with Crippen molar-refractivity contribution in [2.75, 3.05) is 7.11 Å². The molecule has 0 saturated carbocycles. The number of halogens is 2. The molecule has 3 aromatic rings. The summed E-state index contributed by atoms with van der Waals surface area (Å²) in [6.45, 7) is 0.378. The first-order valence-corrected chi connectivity index (χ1v) is 12.7. The quantitative estimate of drug-likeness (QED) is 0.343. The minimum Gasteiger partial charge on any atom is -0.493 e. The molecule has 0 radical (unpaired) electrons. The highest BCUT2D eigenvalue weighted by molar-refractivity contribution is 9.10. The number of thioether (sulfide) groups is 1. The summed E-state index contributed by atoms with van der Waals surface area (Å²) in [6.07, 6.45) is 1.60. The van der Waals surface area contributed by atoms with E-state index in [2.05, 4.69) is 26.0 Å². The van der Waals surface area contributed by atoms with Crippen LogP contribution in [0, 0.1) is 5.41 Å². The van der Waals surface area contributed by atoms with Gasteiger partial charge in [-0.25, -0.2) is 0 Å². The van der Waals surface area contributed by atoms with Crippen molar-refractivity contribution in [3.05, 3.63) is 98.5 Å². The van der Waals surface area contributed by atoms with Crippen LogP contribution in [0.25, 0.3) is 6.08 Å². The first-order chi connectivity index (χ1) is 17.4. The molecule has 7 nitrogen and oxygen atoms in total. The lowest BCUT2D eigenvalue weighted by Gasteiger charge is -2.20. The molecule has 5 rings (SSSR count). The third-order valence-electron chi connectivity index (χ3n) is 5.37. The van der Waals surface area contributed by atoms with Gasteiger partial charge in [-0.1, -0.05) is 63.9 Å². The number of fused-ring (bicyclic) bond motifs is 1. The Kier molecular flexibility index (Phi) is 6.95. The van der Waals surface area contributed by atoms with Crippen molar-refractivity contribution in [1.82, 2.24) is 5.01 Å². The van der Waals surface area contributed by atoms with E-state index in [9.17, 15) is 4.79 Å². The third-order valence-corrected chi connectivity index (χ3v) is 7.17. The highest BCUT2D eigenvalue weighted by atomic mass is 79.9. The highest BCUT2D eigenvalue weighted by Crippen LogP contribution is 2.34. The van der Waals surface area contributed by atoms with Gasteiger partial charge in [-0.05, 0) is 59.3 Å². The zero-order chi connectivity index (χ0) is 25.2. The normalized spacial score (nSPS) is 16.1. The molecular weight excluding hydrogens is 564 g/mol. The van der Waals surface area contributed by atoms with E-state index in [-0.39, 0.29) is 11.4 Å². The Morgan fingerprint density at radius 1 is 1.11 bits per heavy atom. The second kappa shape index (κ2) is 10.3. The predicted octanol–water partition coefficient (Wildman–Crippen LogP) is 6.36. The Bertz CT molecular complexity index is 1470. The molecule has 0 fully saturated rings. The number of carbonyl (C=O) groups excluding carboxylic acids is 1. The van der Waals surface area contributed by atoms with Gasteiger partial charge < -0.3 is 9.47 Å². The topological polar surface area (TPSA) is 87.3 Å². The van der Waals surface area contributed by atoms with Crippen LogP contribution in [0.3, 0.4) is 0 Å². The summed E-state index contributed by atoms with van der Waals surface area (Å²) in [5.41, 5.74) is 2.52. The molecule has 1 amide bonds. The number of nitrogens with zero attached hydrogens (tertiary/aromatic N) is 3. The number of methoxy groups -OCH3 is 1. The molecule has 2 aliphatic heterocycles. The average molecular weight is 582 g/mol. The summed E-state index contributed by atoms with van der Waals surface area (Å²) < 4.78 is 12.4. The minimum atomic E-state index is -0.510. The first kappa shape index (κ1) is 24.3. The van der Waals surface area contributed by atoms with Crippen LogP contribution in [-0.4, -0.2) is 34.1 Å². The second-order valence-electron chi connectivity index (χ2n) is 7.73. The first-order valence-electron chi connectivity index (χ1n) is 10.7. The summed E-state index contributed by atoms with van der Waals surface area (Å²) in [5.74, 6) is 0.506. The van der Waals surface area contributed by atoms with Crippen LogP contribution in [0.5, 0.6) is 11.5 Å². The standard InChI is InChI=1S/C26H18BrClN4O3S/c1-34-22-13-16(8-11-21(22)35-14-15-6-9-17(27)10-7-15)12-19-23(29)32-26(30-24(19)33)36-25(31-32)18-4-2-3-5-20(18)28/h2-13,29H,14H2,1H3/b19-12-,29-23?. The van der Waals surface area contributed by atoms with Gasteiger partial charge >= 0.3 is 0 Å². The molecule has 180 valence electrons. The van der Waals surface area contributed by atoms with Crippen molar-refractivity contribution in [3.8, 4) is 11.5 Å². The van der Waals surface area contributed by atoms with Crippen LogP contribution in [0.1, 0.15) is 16.7 Å². The predicted molar refractivity (Wildman–Crippen MR) is 147 cm³/mol. The molecule has 10 heteroatoms. The number of ether oxygens (including phenoxy) is 2. The molecule has 36 heavy (non-hydrogen) atoms. The van der Waals surface area contributed by atoms with Crippen LogP contribution in [0.4, 0.5) is 0 Å². The van der Waals surface area contributed by atoms with E-state index in [0.717, 1.165) is 15.6 Å². The molecule has 0 aromatic heterocycles. The highest BCUT2D eigenvalue weighted by Gasteiger charge is 2.36. The molecule has 3 aromatic carbocycles. The van der Waals surface area contributed by atoms with Crippen LogP contribution >= 0.6 is 39.3 Å². The number of amidine groups is 2. The summed E-state index contributed by atoms with van der Waals surface area (Å²) in [7, 11) is 1.55. The largest absolute Gasteiger partial charge is 0.493 e. The molecule has 0 saturated heterocycles. The van der Waals surface area contributed by atoms with Gasteiger partial charge in [0, 0.05) is 10.0 Å². The van der Waals surface area contributed by atoms with Crippen LogP contribution in [0.15, 0.2) is 86.9 Å². The van der Waals surface area contributed by atoms with Gasteiger partial charge in [0.2, 0.25) is 5.17 Å². The van der Waals surface area contributed by atoms with Crippen LogP contribution < -0.4 is 9.47 Å². The van der Waals surface area contributed by atoms with E-state index in [1.165, 1.54) is 16.8 Å². The van der Waals surface area contributed by atoms with E-state index in [1.807, 2.05) is 42.5 Å². The SMILES string of the molecule is COc1cc(/C=C2/C(=N)N3N=C(c4ccccc4Cl)SC3=NC2=O)ccc1OCc1ccc(Br)cc1. The Morgan fingerprint density at radius 2 is 1.89 bits per heavy atom. The Morgan fingerprint density at radius 3 is 2.64 bits per heavy atom. The lowest BCUT2D eigenvalue weighted by atomic mass is 10.1. The van der Waals surface area contributed by atoms with Gasteiger partial charge in [-0.3, -0.25) is 10.2 Å². The van der Waals surface area contributed by atoms with Crippen molar-refractivity contribution >= 4 is 67.3 Å². The molecule has 0 bridgehead atoms. The van der Waals surface area contributed by atoms with Gasteiger partial charge in [-0.15, -0.1) is 0 Å². The van der Waals surface area contributed by atoms with Gasteiger partial charge in [0.15, 0.2) is 17.3 Å². The molecule has 2 heterocycles. The fourth-order valence-corrected chi connectivity index (χ4v) is 5.01. The monoisotopic (exact) mass is 580 g/mol. The summed E-state index contributed by atoms with van der Waals surface area (Å²) in [5, 5.41) is 15.9. The maximum absolute atomic E-state index is 12.8. The minimum absolute atomic E-state index is 0.0610. The molecule has 0 aliphatic carbocycles. The maximum Gasteiger partial charge on any atom is 0.283 e. The number of nitrogens with one attached hydrogen (secondary N) is 1. The summed E-state index contributed by atoms with van der Waals surface area (Å²) in [4.78, 5) is 16.9. The third kappa shape index (κ3) is 4.95. The fraction of sp³-hybridized carbons (Fsp3) is 0.0769. The van der Waals surface area contributed by atoms with E-state index in [0.29, 0.717) is 38.9 Å². The van der Waals surface area contributed by atoms with Gasteiger partial charge in [0.1, 0.15) is 11.7 Å². The molecule has 0 spiro atoms. The van der Waals surface area contributed by atoms with Gasteiger partial charge in [0.05, 0.1) is 17.7 Å². The van der Waals surface area contributed by atoms with E-state index < -0.39 is 5.91 Å². The zero-order valence-corrected chi connectivity index (χ0v) is 22.0. The zero-order valence-electron chi connectivity index (χ0n) is 18.9. The maximum atomic E-state index is 12.8. The lowest BCUT2D eigenvalue weighted by molar-refractivity contribution is -0.114. The average Bonchev–Trinajstić information content (AvgIpc) is 3.30. The van der Waals surface area contributed by atoms with Gasteiger partial charge in [-0.2, -0.15) is 15.1 Å². The van der Waals surface area contributed by atoms with Crippen molar-refractivity contribution in [2.45, 2.75) is 6.61 Å². The Hall–Kier alpha value is -3.40. The van der Waals surface area contributed by atoms with Crippen LogP contribution in [0.2, 0.25) is 5.02 Å². The molecular formula is C26H18BrClN4O3S. The Balaban J connectivity index is 1.38. The summed E-state index contributed by atoms with van der Waals surface area (Å²) >= 11 is 10.9. The molecule has 2 aliphatic rings. The summed E-state index contributed by atoms with van der Waals surface area (Å²) in [6, 6.07) is 20.5. The number of rotatable bonds is 6.